The van der Waals surface area contributed by atoms with Crippen molar-refractivity contribution in [3.8, 4) is 0 Å². The highest BCUT2D eigenvalue weighted by Crippen LogP contribution is 2.21. The number of halogens is 1. The van der Waals surface area contributed by atoms with E-state index in [1.54, 1.807) is 7.11 Å². The van der Waals surface area contributed by atoms with E-state index in [9.17, 15) is 0 Å². The predicted octanol–water partition coefficient (Wildman–Crippen LogP) is 2.81. The second-order valence-electron chi connectivity index (χ2n) is 4.94. The third kappa shape index (κ3) is 5.89. The number of pyridine rings is 1. The minimum Gasteiger partial charge on any atom is -0.385 e. The zero-order valence-electron chi connectivity index (χ0n) is 12.2. The molecule has 0 aliphatic heterocycles. The Morgan fingerprint density at radius 2 is 2.21 bits per heavy atom. The van der Waals surface area contributed by atoms with Gasteiger partial charge in [-0.2, -0.15) is 0 Å². The van der Waals surface area contributed by atoms with Gasteiger partial charge >= 0.3 is 0 Å². The van der Waals surface area contributed by atoms with E-state index in [1.807, 2.05) is 6.20 Å². The maximum Gasteiger partial charge on any atom is 0.132 e. The molecule has 0 radical (unpaired) electrons. The lowest BCUT2D eigenvalue weighted by Gasteiger charge is -2.22. The van der Waals surface area contributed by atoms with Gasteiger partial charge in [0.15, 0.2) is 0 Å². The fraction of sp³-hybridized carbons (Fsp3) is 0.643. The van der Waals surface area contributed by atoms with E-state index in [0.29, 0.717) is 6.04 Å². The monoisotopic (exact) mass is 329 g/mol. The second-order valence-corrected chi connectivity index (χ2v) is 5.86. The summed E-state index contributed by atoms with van der Waals surface area (Å²) in [5.74, 6) is 1.03. The number of nitrogens with zero attached hydrogens (tertiary/aromatic N) is 2. The smallest absolute Gasteiger partial charge is 0.132 e. The van der Waals surface area contributed by atoms with E-state index >= 15 is 0 Å². The molecule has 0 aliphatic rings. The molecule has 1 aromatic heterocycles. The van der Waals surface area contributed by atoms with Gasteiger partial charge in [0.2, 0.25) is 0 Å². The van der Waals surface area contributed by atoms with E-state index in [1.165, 1.54) is 5.56 Å². The molecule has 0 atom stereocenters. The average Bonchev–Trinajstić information content (AvgIpc) is 2.36. The summed E-state index contributed by atoms with van der Waals surface area (Å²) in [7, 11) is 3.81. The minimum atomic E-state index is 0.464. The molecule has 108 valence electrons. The molecule has 0 saturated carbocycles. The molecule has 0 amide bonds. The molecule has 0 unspecified atom stereocenters. The number of aromatic nitrogens is 1. The van der Waals surface area contributed by atoms with Gasteiger partial charge in [0.05, 0.1) is 0 Å². The van der Waals surface area contributed by atoms with Crippen LogP contribution in [0.1, 0.15) is 25.8 Å². The first-order valence-electron chi connectivity index (χ1n) is 6.62. The van der Waals surface area contributed by atoms with Crippen molar-refractivity contribution in [3.63, 3.8) is 0 Å². The highest BCUT2D eigenvalue weighted by Gasteiger charge is 2.10. The SMILES string of the molecule is COCCCN(C)c1ncc(Br)cc1CNC(C)C. The van der Waals surface area contributed by atoms with E-state index in [-0.39, 0.29) is 0 Å². The lowest BCUT2D eigenvalue weighted by atomic mass is 10.2. The molecule has 0 fully saturated rings. The largest absolute Gasteiger partial charge is 0.385 e. The van der Waals surface area contributed by atoms with Crippen molar-refractivity contribution in [3.05, 3.63) is 22.3 Å². The van der Waals surface area contributed by atoms with Crippen LogP contribution in [0.4, 0.5) is 5.82 Å². The number of hydrogen-bond acceptors (Lipinski definition) is 4. The van der Waals surface area contributed by atoms with Gasteiger partial charge in [0, 0.05) is 56.1 Å². The first kappa shape index (κ1) is 16.4. The van der Waals surface area contributed by atoms with Gasteiger partial charge in [0.1, 0.15) is 5.82 Å². The number of ether oxygens (including phenoxy) is 1. The highest BCUT2D eigenvalue weighted by molar-refractivity contribution is 9.10. The Morgan fingerprint density at radius 3 is 2.84 bits per heavy atom. The summed E-state index contributed by atoms with van der Waals surface area (Å²) < 4.78 is 6.11. The van der Waals surface area contributed by atoms with Gasteiger partial charge in [-0.15, -0.1) is 0 Å². The second kappa shape index (κ2) is 8.51. The molecule has 5 heteroatoms. The van der Waals surface area contributed by atoms with Gasteiger partial charge in [-0.25, -0.2) is 4.98 Å². The van der Waals surface area contributed by atoms with E-state index in [0.717, 1.165) is 36.4 Å². The van der Waals surface area contributed by atoms with Crippen LogP contribution in [-0.2, 0) is 11.3 Å². The van der Waals surface area contributed by atoms with Crippen molar-refractivity contribution < 1.29 is 4.74 Å². The Morgan fingerprint density at radius 1 is 1.47 bits per heavy atom. The van der Waals surface area contributed by atoms with Gasteiger partial charge in [-0.05, 0) is 28.4 Å². The predicted molar refractivity (Wildman–Crippen MR) is 83.7 cm³/mol. The summed E-state index contributed by atoms with van der Waals surface area (Å²) in [6.45, 7) is 6.84. The zero-order chi connectivity index (χ0) is 14.3. The van der Waals surface area contributed by atoms with Crippen molar-refractivity contribution in [1.82, 2.24) is 10.3 Å². The van der Waals surface area contributed by atoms with Crippen molar-refractivity contribution >= 4 is 21.7 Å². The number of anilines is 1. The van der Waals surface area contributed by atoms with Crippen LogP contribution in [-0.4, -0.2) is 38.3 Å². The van der Waals surface area contributed by atoms with Gasteiger partial charge < -0.3 is 15.0 Å². The first-order chi connectivity index (χ1) is 9.04. The summed E-state index contributed by atoms with van der Waals surface area (Å²) in [6.07, 6.45) is 2.85. The van der Waals surface area contributed by atoms with Crippen LogP contribution in [0.15, 0.2) is 16.7 Å². The fourth-order valence-corrected chi connectivity index (χ4v) is 2.19. The number of nitrogens with one attached hydrogen (secondary N) is 1. The highest BCUT2D eigenvalue weighted by atomic mass is 79.9. The molecule has 0 saturated heterocycles. The summed E-state index contributed by atoms with van der Waals surface area (Å²) in [5, 5.41) is 3.44. The van der Waals surface area contributed by atoms with Crippen LogP contribution in [0.25, 0.3) is 0 Å². The molecule has 1 rings (SSSR count). The third-order valence-electron chi connectivity index (χ3n) is 2.81. The topological polar surface area (TPSA) is 37.4 Å². The van der Waals surface area contributed by atoms with Crippen molar-refractivity contribution in [2.24, 2.45) is 0 Å². The van der Waals surface area contributed by atoms with Crippen LogP contribution in [0, 0.1) is 0 Å². The van der Waals surface area contributed by atoms with Crippen LogP contribution >= 0.6 is 15.9 Å². The molecular formula is C14H24BrN3O. The maximum absolute atomic E-state index is 5.09. The van der Waals surface area contributed by atoms with Crippen LogP contribution in [0.5, 0.6) is 0 Å². The number of rotatable bonds is 8. The first-order valence-corrected chi connectivity index (χ1v) is 7.41. The van der Waals surface area contributed by atoms with Crippen LogP contribution in [0.2, 0.25) is 0 Å². The lowest BCUT2D eigenvalue weighted by molar-refractivity contribution is 0.196. The molecule has 4 nitrogen and oxygen atoms in total. The number of hydrogen-bond donors (Lipinski definition) is 1. The van der Waals surface area contributed by atoms with Crippen LogP contribution < -0.4 is 10.2 Å². The Labute approximate surface area is 124 Å². The fourth-order valence-electron chi connectivity index (χ4n) is 1.81. The maximum atomic E-state index is 5.09. The zero-order valence-corrected chi connectivity index (χ0v) is 13.8. The molecule has 1 aromatic rings. The summed E-state index contributed by atoms with van der Waals surface area (Å²) >= 11 is 3.49. The molecule has 1 heterocycles. The lowest BCUT2D eigenvalue weighted by Crippen LogP contribution is -2.26. The summed E-state index contributed by atoms with van der Waals surface area (Å²) in [6, 6.07) is 2.59. The van der Waals surface area contributed by atoms with Gasteiger partial charge in [0.25, 0.3) is 0 Å². The molecule has 19 heavy (non-hydrogen) atoms. The molecule has 0 bridgehead atoms. The van der Waals surface area contributed by atoms with Crippen molar-refractivity contribution in [2.75, 3.05) is 32.2 Å². The Bertz CT molecular complexity index is 385. The number of methoxy groups -OCH3 is 1. The van der Waals surface area contributed by atoms with E-state index < -0.39 is 0 Å². The van der Waals surface area contributed by atoms with E-state index in [2.05, 4.69) is 58.1 Å². The standard InChI is InChI=1S/C14H24BrN3O/c1-11(2)16-9-12-8-13(15)10-17-14(12)18(3)6-5-7-19-4/h8,10-11,16H,5-7,9H2,1-4H3. The van der Waals surface area contributed by atoms with Crippen molar-refractivity contribution in [1.29, 1.82) is 0 Å². The van der Waals surface area contributed by atoms with Gasteiger partial charge in [-0.3, -0.25) is 0 Å². The Hall–Kier alpha value is -0.650. The third-order valence-corrected chi connectivity index (χ3v) is 3.25. The average molecular weight is 330 g/mol. The van der Waals surface area contributed by atoms with E-state index in [4.69, 9.17) is 4.74 Å². The molecule has 0 aliphatic carbocycles. The Balaban J connectivity index is 2.74. The van der Waals surface area contributed by atoms with Crippen LogP contribution in [0.3, 0.4) is 0 Å². The minimum absolute atomic E-state index is 0.464. The molecule has 1 N–H and O–H groups in total. The van der Waals surface area contributed by atoms with Gasteiger partial charge in [-0.1, -0.05) is 13.8 Å². The molecular weight excluding hydrogens is 306 g/mol. The molecule has 0 spiro atoms. The Kier molecular flexibility index (Phi) is 7.34. The summed E-state index contributed by atoms with van der Waals surface area (Å²) in [5.41, 5.74) is 1.21. The quantitative estimate of drug-likeness (QED) is 0.744. The van der Waals surface area contributed by atoms with Crippen molar-refractivity contribution in [2.45, 2.75) is 32.9 Å². The summed E-state index contributed by atoms with van der Waals surface area (Å²) in [4.78, 5) is 6.72. The normalized spacial score (nSPS) is 11.1. The molecule has 0 aromatic carbocycles.